The van der Waals surface area contributed by atoms with Gasteiger partial charge in [0.05, 0.1) is 6.54 Å². The summed E-state index contributed by atoms with van der Waals surface area (Å²) in [6.07, 6.45) is 1.07. The third-order valence-corrected chi connectivity index (χ3v) is 3.29. The highest BCUT2D eigenvalue weighted by Gasteiger charge is 2.16. The Labute approximate surface area is 108 Å². The monoisotopic (exact) mass is 247 g/mol. The molecule has 0 aliphatic carbocycles. The van der Waals surface area contributed by atoms with Crippen LogP contribution in [0.15, 0.2) is 18.2 Å². The summed E-state index contributed by atoms with van der Waals surface area (Å²) in [6, 6.07) is 6.35. The second-order valence-electron chi connectivity index (χ2n) is 4.65. The maximum absolute atomic E-state index is 11.6. The molecule has 0 bridgehead atoms. The lowest BCUT2D eigenvalue weighted by molar-refractivity contribution is -0.119. The van der Waals surface area contributed by atoms with Gasteiger partial charge in [0.1, 0.15) is 0 Å². The third kappa shape index (κ3) is 2.82. The normalized spacial score (nSPS) is 13.9. The fraction of sp³-hybridized carbons (Fsp3) is 0.500. The average molecular weight is 247 g/mol. The molecule has 0 spiro atoms. The maximum atomic E-state index is 11.6. The van der Waals surface area contributed by atoms with Crippen molar-refractivity contribution in [1.82, 2.24) is 10.6 Å². The standard InChI is InChI=1S/C14H21N3O/c1-3-16-14(18)10-17(2)13-6-4-5-11-7-8-15-9-12(11)13/h4-6,15H,3,7-10H2,1-2H3,(H,16,18). The topological polar surface area (TPSA) is 44.4 Å². The van der Waals surface area contributed by atoms with Gasteiger partial charge in [0.15, 0.2) is 0 Å². The van der Waals surface area contributed by atoms with Crippen molar-refractivity contribution >= 4 is 11.6 Å². The molecule has 1 amide bonds. The minimum Gasteiger partial charge on any atom is -0.365 e. The summed E-state index contributed by atoms with van der Waals surface area (Å²) in [5, 5.41) is 6.22. The van der Waals surface area contributed by atoms with Gasteiger partial charge in [0, 0.05) is 25.8 Å². The minimum atomic E-state index is 0.0707. The first kappa shape index (κ1) is 12.9. The summed E-state index contributed by atoms with van der Waals surface area (Å²) in [4.78, 5) is 13.7. The van der Waals surface area contributed by atoms with Crippen molar-refractivity contribution in [3.63, 3.8) is 0 Å². The van der Waals surface area contributed by atoms with Gasteiger partial charge in [0.25, 0.3) is 0 Å². The molecule has 2 N–H and O–H groups in total. The van der Waals surface area contributed by atoms with Crippen LogP contribution in [-0.2, 0) is 17.8 Å². The highest BCUT2D eigenvalue weighted by Crippen LogP contribution is 2.25. The zero-order chi connectivity index (χ0) is 13.0. The van der Waals surface area contributed by atoms with Crippen molar-refractivity contribution in [3.05, 3.63) is 29.3 Å². The van der Waals surface area contributed by atoms with Crippen LogP contribution in [0.1, 0.15) is 18.1 Å². The number of carbonyl (C=O) groups excluding carboxylic acids is 1. The van der Waals surface area contributed by atoms with E-state index in [1.165, 1.54) is 11.1 Å². The fourth-order valence-electron chi connectivity index (χ4n) is 2.41. The van der Waals surface area contributed by atoms with Crippen molar-refractivity contribution in [2.24, 2.45) is 0 Å². The van der Waals surface area contributed by atoms with Gasteiger partial charge < -0.3 is 15.5 Å². The molecule has 4 heteroatoms. The molecule has 0 fully saturated rings. The molecule has 0 saturated heterocycles. The van der Waals surface area contributed by atoms with Gasteiger partial charge in [-0.2, -0.15) is 0 Å². The third-order valence-electron chi connectivity index (χ3n) is 3.29. The first-order chi connectivity index (χ1) is 8.72. The largest absolute Gasteiger partial charge is 0.365 e. The van der Waals surface area contributed by atoms with Crippen LogP contribution in [-0.4, -0.2) is 32.6 Å². The summed E-state index contributed by atoms with van der Waals surface area (Å²) in [7, 11) is 1.97. The second kappa shape index (κ2) is 5.87. The molecular formula is C14H21N3O. The van der Waals surface area contributed by atoms with Gasteiger partial charge in [-0.3, -0.25) is 4.79 Å². The smallest absolute Gasteiger partial charge is 0.239 e. The van der Waals surface area contributed by atoms with Crippen molar-refractivity contribution in [1.29, 1.82) is 0 Å². The number of fused-ring (bicyclic) bond motifs is 1. The number of likely N-dealkylation sites (N-methyl/N-ethyl adjacent to an activating group) is 2. The number of hydrogen-bond acceptors (Lipinski definition) is 3. The number of nitrogens with one attached hydrogen (secondary N) is 2. The van der Waals surface area contributed by atoms with Crippen LogP contribution in [0.3, 0.4) is 0 Å². The molecule has 0 unspecified atom stereocenters. The molecule has 1 heterocycles. The molecule has 0 atom stereocenters. The van der Waals surface area contributed by atoms with E-state index < -0.39 is 0 Å². The van der Waals surface area contributed by atoms with E-state index in [4.69, 9.17) is 0 Å². The zero-order valence-corrected chi connectivity index (χ0v) is 11.1. The molecule has 2 rings (SSSR count). The van der Waals surface area contributed by atoms with Gasteiger partial charge in [-0.1, -0.05) is 12.1 Å². The molecule has 1 aromatic carbocycles. The highest BCUT2D eigenvalue weighted by atomic mass is 16.2. The number of amides is 1. The number of nitrogens with zero attached hydrogens (tertiary/aromatic N) is 1. The Balaban J connectivity index is 2.15. The van der Waals surface area contributed by atoms with E-state index in [1.54, 1.807) is 0 Å². The molecule has 0 aromatic heterocycles. The highest BCUT2D eigenvalue weighted by molar-refractivity contribution is 5.81. The number of carbonyl (C=O) groups is 1. The van der Waals surface area contributed by atoms with Crippen LogP contribution in [0, 0.1) is 0 Å². The predicted molar refractivity (Wildman–Crippen MR) is 73.8 cm³/mol. The van der Waals surface area contributed by atoms with Crippen molar-refractivity contribution in [3.8, 4) is 0 Å². The van der Waals surface area contributed by atoms with Gasteiger partial charge in [-0.15, -0.1) is 0 Å². The quantitative estimate of drug-likeness (QED) is 0.831. The van der Waals surface area contributed by atoms with Crippen LogP contribution in [0.2, 0.25) is 0 Å². The zero-order valence-electron chi connectivity index (χ0n) is 11.1. The van der Waals surface area contributed by atoms with Crippen molar-refractivity contribution < 1.29 is 4.79 Å². The Morgan fingerprint density at radius 3 is 3.11 bits per heavy atom. The van der Waals surface area contributed by atoms with Gasteiger partial charge in [-0.25, -0.2) is 0 Å². The van der Waals surface area contributed by atoms with E-state index in [2.05, 4.69) is 28.8 Å². The molecule has 18 heavy (non-hydrogen) atoms. The van der Waals surface area contributed by atoms with E-state index in [0.717, 1.165) is 25.2 Å². The van der Waals surface area contributed by atoms with E-state index in [9.17, 15) is 4.79 Å². The Morgan fingerprint density at radius 1 is 1.50 bits per heavy atom. The fourth-order valence-corrected chi connectivity index (χ4v) is 2.41. The van der Waals surface area contributed by atoms with Crippen LogP contribution in [0.5, 0.6) is 0 Å². The van der Waals surface area contributed by atoms with Gasteiger partial charge in [0.2, 0.25) is 5.91 Å². The lowest BCUT2D eigenvalue weighted by Gasteiger charge is -2.26. The summed E-state index contributed by atoms with van der Waals surface area (Å²) >= 11 is 0. The van der Waals surface area contributed by atoms with Gasteiger partial charge >= 0.3 is 0 Å². The Hall–Kier alpha value is -1.55. The van der Waals surface area contributed by atoms with E-state index >= 15 is 0 Å². The SMILES string of the molecule is CCNC(=O)CN(C)c1cccc2c1CNCC2. The van der Waals surface area contributed by atoms with E-state index in [-0.39, 0.29) is 5.91 Å². The van der Waals surface area contributed by atoms with Crippen LogP contribution < -0.4 is 15.5 Å². The van der Waals surface area contributed by atoms with Crippen molar-refractivity contribution in [2.45, 2.75) is 19.9 Å². The molecule has 0 radical (unpaired) electrons. The summed E-state index contributed by atoms with van der Waals surface area (Å²) in [6.45, 7) is 4.96. The molecule has 1 aliphatic rings. The molecular weight excluding hydrogens is 226 g/mol. The lowest BCUT2D eigenvalue weighted by Crippen LogP contribution is -2.36. The maximum Gasteiger partial charge on any atom is 0.239 e. The van der Waals surface area contributed by atoms with Crippen molar-refractivity contribution in [2.75, 3.05) is 31.6 Å². The van der Waals surface area contributed by atoms with Crippen LogP contribution >= 0.6 is 0 Å². The molecule has 4 nitrogen and oxygen atoms in total. The number of rotatable bonds is 4. The number of anilines is 1. The lowest BCUT2D eigenvalue weighted by atomic mass is 9.99. The first-order valence-corrected chi connectivity index (χ1v) is 6.51. The predicted octanol–water partition coefficient (Wildman–Crippen LogP) is 0.905. The van der Waals surface area contributed by atoms with Gasteiger partial charge in [-0.05, 0) is 37.1 Å². The molecule has 1 aliphatic heterocycles. The Kier molecular flexibility index (Phi) is 4.20. The van der Waals surface area contributed by atoms with Crippen LogP contribution in [0.4, 0.5) is 5.69 Å². The Bertz CT molecular complexity index is 431. The van der Waals surface area contributed by atoms with E-state index in [0.29, 0.717) is 13.1 Å². The van der Waals surface area contributed by atoms with E-state index in [1.807, 2.05) is 18.9 Å². The molecule has 0 saturated carbocycles. The number of hydrogen-bond donors (Lipinski definition) is 2. The second-order valence-corrected chi connectivity index (χ2v) is 4.65. The molecule has 98 valence electrons. The van der Waals surface area contributed by atoms with Crippen LogP contribution in [0.25, 0.3) is 0 Å². The number of benzene rings is 1. The minimum absolute atomic E-state index is 0.0707. The summed E-state index contributed by atoms with van der Waals surface area (Å²) < 4.78 is 0. The first-order valence-electron chi connectivity index (χ1n) is 6.51. The summed E-state index contributed by atoms with van der Waals surface area (Å²) in [5.74, 6) is 0.0707. The molecule has 1 aromatic rings. The Morgan fingerprint density at radius 2 is 2.33 bits per heavy atom. The average Bonchev–Trinajstić information content (AvgIpc) is 2.38. The summed E-state index contributed by atoms with van der Waals surface area (Å²) in [5.41, 5.74) is 3.88.